The highest BCUT2D eigenvalue weighted by molar-refractivity contribution is 7.98. The van der Waals surface area contributed by atoms with E-state index in [-0.39, 0.29) is 10.7 Å². The molecule has 1 heterocycles. The van der Waals surface area contributed by atoms with Crippen molar-refractivity contribution in [3.8, 4) is 6.07 Å². The predicted molar refractivity (Wildman–Crippen MR) is 83.2 cm³/mol. The van der Waals surface area contributed by atoms with E-state index in [1.165, 1.54) is 19.1 Å². The molecule has 2 rings (SSSR count). The van der Waals surface area contributed by atoms with Gasteiger partial charge in [0.15, 0.2) is 0 Å². The van der Waals surface area contributed by atoms with Crippen molar-refractivity contribution in [3.63, 3.8) is 0 Å². The fourth-order valence-corrected chi connectivity index (χ4v) is 3.00. The maximum atomic E-state index is 13.0. The Hall–Kier alpha value is -2.53. The molecule has 1 aromatic carbocycles. The second-order valence-electron chi connectivity index (χ2n) is 4.95. The molecule has 1 aromatic heterocycles. The van der Waals surface area contributed by atoms with Crippen molar-refractivity contribution in [2.45, 2.75) is 23.9 Å². The van der Waals surface area contributed by atoms with Crippen LogP contribution in [0.15, 0.2) is 35.4 Å². The molecule has 0 aliphatic rings. The minimum atomic E-state index is -4.61. The Kier molecular flexibility index (Phi) is 5.14. The molecule has 0 bridgehead atoms. The van der Waals surface area contributed by atoms with Crippen molar-refractivity contribution in [2.75, 3.05) is 0 Å². The molecule has 8 heteroatoms. The van der Waals surface area contributed by atoms with Crippen LogP contribution >= 0.6 is 11.8 Å². The summed E-state index contributed by atoms with van der Waals surface area (Å²) in [6.45, 7) is 1.45. The van der Waals surface area contributed by atoms with Gasteiger partial charge in [-0.05, 0) is 30.7 Å². The van der Waals surface area contributed by atoms with E-state index in [4.69, 9.17) is 11.0 Å². The number of hydrogen-bond acceptors (Lipinski definition) is 4. The van der Waals surface area contributed by atoms with E-state index in [2.05, 4.69) is 4.98 Å². The number of hydrogen-bond donors (Lipinski definition) is 1. The summed E-state index contributed by atoms with van der Waals surface area (Å²) < 4.78 is 39.1. The lowest BCUT2D eigenvalue weighted by atomic mass is 10.1. The Bertz CT molecular complexity index is 811. The van der Waals surface area contributed by atoms with E-state index in [0.717, 1.165) is 23.4 Å². The largest absolute Gasteiger partial charge is 0.417 e. The topological polar surface area (TPSA) is 79.8 Å². The van der Waals surface area contributed by atoms with Crippen LogP contribution < -0.4 is 5.73 Å². The first-order valence-electron chi connectivity index (χ1n) is 6.73. The SMILES string of the molecule is Cc1cc(C(F)(F)F)c(C#N)c(SCc2ccc(C(N)=O)cc2)n1. The van der Waals surface area contributed by atoms with Gasteiger partial charge in [0, 0.05) is 17.0 Å². The van der Waals surface area contributed by atoms with Crippen LogP contribution in [0.1, 0.15) is 32.7 Å². The maximum Gasteiger partial charge on any atom is 0.417 e. The number of aryl methyl sites for hydroxylation is 1. The number of nitriles is 1. The second kappa shape index (κ2) is 6.93. The average Bonchev–Trinajstić information content (AvgIpc) is 2.51. The van der Waals surface area contributed by atoms with Crippen LogP contribution in [-0.2, 0) is 11.9 Å². The van der Waals surface area contributed by atoms with E-state index in [1.54, 1.807) is 18.2 Å². The van der Waals surface area contributed by atoms with Gasteiger partial charge in [0.1, 0.15) is 11.1 Å². The summed E-state index contributed by atoms with van der Waals surface area (Å²) in [7, 11) is 0. The first-order valence-corrected chi connectivity index (χ1v) is 7.71. The van der Waals surface area contributed by atoms with Crippen molar-refractivity contribution in [1.82, 2.24) is 4.98 Å². The van der Waals surface area contributed by atoms with Gasteiger partial charge >= 0.3 is 6.18 Å². The molecule has 2 N–H and O–H groups in total. The van der Waals surface area contributed by atoms with Crippen LogP contribution in [-0.4, -0.2) is 10.9 Å². The quantitative estimate of drug-likeness (QED) is 0.852. The molecule has 0 saturated carbocycles. The molecule has 0 atom stereocenters. The number of aromatic nitrogens is 1. The molecule has 0 unspecified atom stereocenters. The van der Waals surface area contributed by atoms with E-state index in [9.17, 15) is 18.0 Å². The third-order valence-electron chi connectivity index (χ3n) is 3.15. The van der Waals surface area contributed by atoms with Crippen molar-refractivity contribution in [1.29, 1.82) is 5.26 Å². The molecular formula is C16H12F3N3OS. The summed E-state index contributed by atoms with van der Waals surface area (Å²) in [6.07, 6.45) is -4.61. The monoisotopic (exact) mass is 351 g/mol. The molecule has 0 aliphatic heterocycles. The molecule has 2 aromatic rings. The number of alkyl halides is 3. The Morgan fingerprint density at radius 2 is 1.96 bits per heavy atom. The van der Waals surface area contributed by atoms with Crippen molar-refractivity contribution >= 4 is 17.7 Å². The summed E-state index contributed by atoms with van der Waals surface area (Å²) >= 11 is 1.03. The number of nitrogens with two attached hydrogens (primary N) is 1. The van der Waals surface area contributed by atoms with Crippen LogP contribution in [0.25, 0.3) is 0 Å². The zero-order valence-corrected chi connectivity index (χ0v) is 13.3. The van der Waals surface area contributed by atoms with E-state index < -0.39 is 23.2 Å². The highest BCUT2D eigenvalue weighted by Gasteiger charge is 2.35. The fourth-order valence-electron chi connectivity index (χ4n) is 2.00. The lowest BCUT2D eigenvalue weighted by Crippen LogP contribution is -2.11. The Morgan fingerprint density at radius 3 is 2.46 bits per heavy atom. The maximum absolute atomic E-state index is 13.0. The predicted octanol–water partition coefficient (Wildman–Crippen LogP) is 3.67. The van der Waals surface area contributed by atoms with E-state index in [1.807, 2.05) is 0 Å². The minimum Gasteiger partial charge on any atom is -0.366 e. The number of primary amides is 1. The first kappa shape index (κ1) is 17.8. The fraction of sp³-hybridized carbons (Fsp3) is 0.188. The number of carbonyl (C=O) groups excluding carboxylic acids is 1. The van der Waals surface area contributed by atoms with Crippen LogP contribution in [0.5, 0.6) is 0 Å². The average molecular weight is 351 g/mol. The molecule has 1 amide bonds. The molecule has 0 radical (unpaired) electrons. The zero-order chi connectivity index (χ0) is 17.9. The summed E-state index contributed by atoms with van der Waals surface area (Å²) in [5.41, 5.74) is 4.98. The number of carbonyl (C=O) groups is 1. The summed E-state index contributed by atoms with van der Waals surface area (Å²) in [4.78, 5) is 15.1. The third kappa shape index (κ3) is 4.06. The highest BCUT2D eigenvalue weighted by Crippen LogP contribution is 2.36. The number of benzene rings is 1. The number of nitrogens with zero attached hydrogens (tertiary/aromatic N) is 2. The summed E-state index contributed by atoms with van der Waals surface area (Å²) in [6, 6.07) is 8.84. The standard InChI is InChI=1S/C16H12F3N3OS/c1-9-6-13(16(17,18)19)12(7-20)15(22-9)24-8-10-2-4-11(5-3-10)14(21)23/h2-6H,8H2,1H3,(H2,21,23). The first-order chi connectivity index (χ1) is 11.2. The normalized spacial score (nSPS) is 11.1. The number of halogens is 3. The van der Waals surface area contributed by atoms with Crippen LogP contribution in [0.3, 0.4) is 0 Å². The van der Waals surface area contributed by atoms with Crippen molar-refractivity contribution in [2.24, 2.45) is 5.73 Å². The molecule has 0 aliphatic carbocycles. The van der Waals surface area contributed by atoms with Gasteiger partial charge in [-0.3, -0.25) is 4.79 Å². The Balaban J connectivity index is 2.28. The molecule has 0 spiro atoms. The second-order valence-corrected chi connectivity index (χ2v) is 5.91. The van der Waals surface area contributed by atoms with Crippen molar-refractivity contribution in [3.05, 3.63) is 58.3 Å². The molecule has 0 fully saturated rings. The number of amides is 1. The minimum absolute atomic E-state index is 0.0313. The Labute approximate surface area is 140 Å². The van der Waals surface area contributed by atoms with Gasteiger partial charge in [-0.1, -0.05) is 12.1 Å². The van der Waals surface area contributed by atoms with Crippen LogP contribution in [0.2, 0.25) is 0 Å². The lowest BCUT2D eigenvalue weighted by Gasteiger charge is -2.12. The van der Waals surface area contributed by atoms with Gasteiger partial charge in [-0.25, -0.2) is 4.98 Å². The third-order valence-corrected chi connectivity index (χ3v) is 4.19. The molecule has 0 saturated heterocycles. The van der Waals surface area contributed by atoms with Gasteiger partial charge in [0.25, 0.3) is 0 Å². The lowest BCUT2D eigenvalue weighted by molar-refractivity contribution is -0.138. The number of pyridine rings is 1. The van der Waals surface area contributed by atoms with Crippen LogP contribution in [0, 0.1) is 18.3 Å². The number of rotatable bonds is 4. The van der Waals surface area contributed by atoms with E-state index in [0.29, 0.717) is 11.3 Å². The smallest absolute Gasteiger partial charge is 0.366 e. The Morgan fingerprint density at radius 1 is 1.33 bits per heavy atom. The van der Waals surface area contributed by atoms with Gasteiger partial charge in [0.2, 0.25) is 5.91 Å². The van der Waals surface area contributed by atoms with Crippen molar-refractivity contribution < 1.29 is 18.0 Å². The zero-order valence-electron chi connectivity index (χ0n) is 12.5. The van der Waals surface area contributed by atoms with Gasteiger partial charge in [-0.2, -0.15) is 18.4 Å². The molecule has 124 valence electrons. The summed E-state index contributed by atoms with van der Waals surface area (Å²) in [5, 5.41) is 9.12. The molecular weight excluding hydrogens is 339 g/mol. The molecule has 4 nitrogen and oxygen atoms in total. The summed E-state index contributed by atoms with van der Waals surface area (Å²) in [5.74, 6) is -0.252. The number of thioether (sulfide) groups is 1. The van der Waals surface area contributed by atoms with Gasteiger partial charge in [0.05, 0.1) is 11.1 Å². The van der Waals surface area contributed by atoms with Gasteiger partial charge < -0.3 is 5.73 Å². The van der Waals surface area contributed by atoms with E-state index >= 15 is 0 Å². The van der Waals surface area contributed by atoms with Crippen LogP contribution in [0.4, 0.5) is 13.2 Å². The van der Waals surface area contributed by atoms with Gasteiger partial charge in [-0.15, -0.1) is 11.8 Å². The molecule has 24 heavy (non-hydrogen) atoms. The highest BCUT2D eigenvalue weighted by atomic mass is 32.2.